The minimum atomic E-state index is -3.19. The molecule has 0 atom stereocenters. The molecule has 1 aromatic rings. The van der Waals surface area contributed by atoms with E-state index in [4.69, 9.17) is 4.74 Å². The number of para-hydroxylation sites is 1. The predicted octanol–water partition coefficient (Wildman–Crippen LogP) is 0.789. The largest absolute Gasteiger partial charge is 0.492 e. The maximum atomic E-state index is 12.0. The van der Waals surface area contributed by atoms with Crippen molar-refractivity contribution >= 4 is 16.1 Å². The molecule has 0 aromatic heterocycles. The first-order valence-electron chi connectivity index (χ1n) is 7.62. The van der Waals surface area contributed by atoms with Crippen molar-refractivity contribution in [3.63, 3.8) is 0 Å². The number of urea groups is 1. The van der Waals surface area contributed by atoms with Crippen LogP contribution >= 0.6 is 0 Å². The number of benzene rings is 1. The highest BCUT2D eigenvalue weighted by atomic mass is 32.2. The van der Waals surface area contributed by atoms with E-state index in [-0.39, 0.29) is 12.1 Å². The number of carbonyl (C=O) groups excluding carboxylic acids is 1. The van der Waals surface area contributed by atoms with E-state index in [1.807, 2.05) is 30.3 Å². The highest BCUT2D eigenvalue weighted by Gasteiger charge is 2.24. The third-order valence-corrected chi connectivity index (χ3v) is 4.31. The number of piperidine rings is 1. The van der Waals surface area contributed by atoms with Gasteiger partial charge in [-0.25, -0.2) is 17.9 Å². The fourth-order valence-corrected chi connectivity index (χ4v) is 3.30. The molecule has 2 rings (SSSR count). The van der Waals surface area contributed by atoms with Gasteiger partial charge in [0.25, 0.3) is 0 Å². The van der Waals surface area contributed by atoms with Gasteiger partial charge in [0.05, 0.1) is 12.8 Å². The van der Waals surface area contributed by atoms with Crippen LogP contribution in [0.25, 0.3) is 0 Å². The summed E-state index contributed by atoms with van der Waals surface area (Å²) in [6, 6.07) is 9.19. The van der Waals surface area contributed by atoms with Gasteiger partial charge < -0.3 is 15.0 Å². The Kier molecular flexibility index (Phi) is 6.23. The van der Waals surface area contributed by atoms with E-state index in [1.54, 1.807) is 4.90 Å². The molecule has 0 unspecified atom stereocenters. The van der Waals surface area contributed by atoms with Crippen molar-refractivity contribution in [1.29, 1.82) is 0 Å². The van der Waals surface area contributed by atoms with Gasteiger partial charge in [-0.05, 0) is 25.0 Å². The van der Waals surface area contributed by atoms with Crippen molar-refractivity contribution < 1.29 is 17.9 Å². The smallest absolute Gasteiger partial charge is 0.317 e. The number of nitrogens with zero attached hydrogens (tertiary/aromatic N) is 1. The Balaban J connectivity index is 1.63. The van der Waals surface area contributed by atoms with Crippen molar-refractivity contribution in [1.82, 2.24) is 14.9 Å². The summed E-state index contributed by atoms with van der Waals surface area (Å²) in [6.07, 6.45) is 2.40. The van der Waals surface area contributed by atoms with Crippen LogP contribution in [0.5, 0.6) is 5.75 Å². The lowest BCUT2D eigenvalue weighted by atomic mass is 10.1. The second kappa shape index (κ2) is 8.16. The van der Waals surface area contributed by atoms with E-state index in [9.17, 15) is 13.2 Å². The van der Waals surface area contributed by atoms with E-state index in [2.05, 4.69) is 10.0 Å². The van der Waals surface area contributed by atoms with Gasteiger partial charge in [0.2, 0.25) is 10.0 Å². The first kappa shape index (κ1) is 17.6. The Morgan fingerprint density at radius 3 is 2.52 bits per heavy atom. The quantitative estimate of drug-likeness (QED) is 0.749. The van der Waals surface area contributed by atoms with E-state index >= 15 is 0 Å². The molecule has 0 radical (unpaired) electrons. The summed E-state index contributed by atoms with van der Waals surface area (Å²) in [4.78, 5) is 13.7. The van der Waals surface area contributed by atoms with Crippen molar-refractivity contribution in [2.75, 3.05) is 32.5 Å². The van der Waals surface area contributed by atoms with E-state index in [0.29, 0.717) is 39.1 Å². The maximum absolute atomic E-state index is 12.0. The van der Waals surface area contributed by atoms with Crippen molar-refractivity contribution in [2.24, 2.45) is 0 Å². The first-order valence-corrected chi connectivity index (χ1v) is 9.51. The molecule has 1 aliphatic heterocycles. The van der Waals surface area contributed by atoms with Crippen LogP contribution in [0.1, 0.15) is 12.8 Å². The number of hydrogen-bond acceptors (Lipinski definition) is 4. The van der Waals surface area contributed by atoms with E-state index < -0.39 is 10.0 Å². The number of likely N-dealkylation sites (tertiary alicyclic amines) is 1. The van der Waals surface area contributed by atoms with Crippen LogP contribution in [0.4, 0.5) is 4.79 Å². The summed E-state index contributed by atoms with van der Waals surface area (Å²) < 4.78 is 30.5. The van der Waals surface area contributed by atoms with Gasteiger partial charge in [0.1, 0.15) is 12.4 Å². The fraction of sp³-hybridized carbons (Fsp3) is 0.533. The van der Waals surface area contributed by atoms with Crippen LogP contribution in [0.15, 0.2) is 30.3 Å². The normalized spacial score (nSPS) is 16.1. The molecule has 0 bridgehead atoms. The Hall–Kier alpha value is -1.80. The molecular formula is C15H23N3O4S. The van der Waals surface area contributed by atoms with Gasteiger partial charge in [-0.15, -0.1) is 0 Å². The van der Waals surface area contributed by atoms with Crippen molar-refractivity contribution in [2.45, 2.75) is 18.9 Å². The number of amides is 2. The Morgan fingerprint density at radius 1 is 1.26 bits per heavy atom. The summed E-state index contributed by atoms with van der Waals surface area (Å²) >= 11 is 0. The number of sulfonamides is 1. The molecule has 0 spiro atoms. The molecule has 1 fully saturated rings. The van der Waals surface area contributed by atoms with Gasteiger partial charge in [0.15, 0.2) is 0 Å². The summed E-state index contributed by atoms with van der Waals surface area (Å²) in [5, 5.41) is 2.81. The Labute approximate surface area is 137 Å². The highest BCUT2D eigenvalue weighted by molar-refractivity contribution is 7.88. The molecule has 8 heteroatoms. The van der Waals surface area contributed by atoms with E-state index in [0.717, 1.165) is 12.0 Å². The minimum Gasteiger partial charge on any atom is -0.492 e. The van der Waals surface area contributed by atoms with Gasteiger partial charge in [-0.3, -0.25) is 0 Å². The van der Waals surface area contributed by atoms with Crippen LogP contribution in [-0.2, 0) is 10.0 Å². The van der Waals surface area contributed by atoms with Crippen LogP contribution in [-0.4, -0.2) is 57.9 Å². The van der Waals surface area contributed by atoms with Crippen molar-refractivity contribution in [3.8, 4) is 5.75 Å². The second-order valence-corrected chi connectivity index (χ2v) is 7.32. The maximum Gasteiger partial charge on any atom is 0.317 e. The zero-order chi connectivity index (χ0) is 16.7. The molecule has 23 heavy (non-hydrogen) atoms. The second-order valence-electron chi connectivity index (χ2n) is 5.54. The molecule has 7 nitrogen and oxygen atoms in total. The lowest BCUT2D eigenvalue weighted by Gasteiger charge is -2.32. The number of rotatable bonds is 6. The number of hydrogen-bond donors (Lipinski definition) is 2. The molecule has 0 saturated carbocycles. The zero-order valence-corrected chi connectivity index (χ0v) is 14.0. The first-order chi connectivity index (χ1) is 10.9. The number of nitrogens with one attached hydrogen (secondary N) is 2. The summed E-state index contributed by atoms with van der Waals surface area (Å²) in [5.41, 5.74) is 0. The average molecular weight is 341 g/mol. The third kappa shape index (κ3) is 6.45. The van der Waals surface area contributed by atoms with Crippen LogP contribution in [0, 0.1) is 0 Å². The van der Waals surface area contributed by atoms with Gasteiger partial charge in [0, 0.05) is 19.1 Å². The lowest BCUT2D eigenvalue weighted by molar-refractivity contribution is 0.177. The summed E-state index contributed by atoms with van der Waals surface area (Å²) in [7, 11) is -3.19. The SMILES string of the molecule is CS(=O)(=O)NC1CCN(C(=O)NCCOc2ccccc2)CC1. The van der Waals surface area contributed by atoms with Gasteiger partial charge in [-0.1, -0.05) is 18.2 Å². The molecule has 2 amide bonds. The summed E-state index contributed by atoms with van der Waals surface area (Å²) in [6.45, 7) is 1.91. The molecule has 1 aromatic carbocycles. The molecule has 2 N–H and O–H groups in total. The monoisotopic (exact) mass is 341 g/mol. The fourth-order valence-electron chi connectivity index (χ4n) is 2.46. The van der Waals surface area contributed by atoms with Gasteiger partial charge >= 0.3 is 6.03 Å². The molecule has 1 saturated heterocycles. The van der Waals surface area contributed by atoms with Crippen molar-refractivity contribution in [3.05, 3.63) is 30.3 Å². The average Bonchev–Trinajstić information content (AvgIpc) is 2.51. The molecule has 1 heterocycles. The minimum absolute atomic E-state index is 0.0875. The molecular weight excluding hydrogens is 318 g/mol. The molecule has 1 aliphatic rings. The third-order valence-electron chi connectivity index (χ3n) is 3.55. The molecule has 128 valence electrons. The predicted molar refractivity (Wildman–Crippen MR) is 87.9 cm³/mol. The Bertz CT molecular complexity index is 598. The van der Waals surface area contributed by atoms with Gasteiger partial charge in [-0.2, -0.15) is 0 Å². The Morgan fingerprint density at radius 2 is 1.91 bits per heavy atom. The van der Waals surface area contributed by atoms with Crippen LogP contribution in [0.2, 0.25) is 0 Å². The highest BCUT2D eigenvalue weighted by Crippen LogP contribution is 2.11. The standard InChI is InChI=1S/C15H23N3O4S/c1-23(20,21)17-13-7-10-18(11-8-13)15(19)16-9-12-22-14-5-3-2-4-6-14/h2-6,13,17H,7-12H2,1H3,(H,16,19). The van der Waals surface area contributed by atoms with Crippen LogP contribution < -0.4 is 14.8 Å². The number of carbonyl (C=O) groups is 1. The van der Waals surface area contributed by atoms with Crippen LogP contribution in [0.3, 0.4) is 0 Å². The zero-order valence-electron chi connectivity index (χ0n) is 13.2. The number of ether oxygens (including phenoxy) is 1. The summed E-state index contributed by atoms with van der Waals surface area (Å²) in [5.74, 6) is 0.773. The van der Waals surface area contributed by atoms with E-state index in [1.165, 1.54) is 0 Å². The lowest BCUT2D eigenvalue weighted by Crippen LogP contribution is -2.49. The molecule has 0 aliphatic carbocycles. The topological polar surface area (TPSA) is 87.7 Å².